The molecule has 0 saturated heterocycles. The summed E-state index contributed by atoms with van der Waals surface area (Å²) in [7, 11) is 0. The Morgan fingerprint density at radius 1 is 1.35 bits per heavy atom. The molecule has 1 fully saturated rings. The molecule has 2 aliphatic rings. The van der Waals surface area contributed by atoms with E-state index in [1.165, 1.54) is 43.7 Å². The van der Waals surface area contributed by atoms with E-state index >= 15 is 0 Å². The van der Waals surface area contributed by atoms with Gasteiger partial charge in [0.25, 0.3) is 0 Å². The van der Waals surface area contributed by atoms with Crippen LogP contribution in [0.2, 0.25) is 0 Å². The second-order valence-corrected chi connectivity index (χ2v) is 7.17. The summed E-state index contributed by atoms with van der Waals surface area (Å²) in [5.74, 6) is 1.78. The van der Waals surface area contributed by atoms with E-state index < -0.39 is 0 Å². The lowest BCUT2D eigenvalue weighted by Gasteiger charge is -2.12. The van der Waals surface area contributed by atoms with E-state index in [-0.39, 0.29) is 0 Å². The highest BCUT2D eigenvalue weighted by Crippen LogP contribution is 2.28. The minimum atomic E-state index is 0.726. The highest BCUT2D eigenvalue weighted by molar-refractivity contribution is 8.14. The zero-order valence-corrected chi connectivity index (χ0v) is 12.1. The van der Waals surface area contributed by atoms with Gasteiger partial charge in [-0.25, -0.2) is 0 Å². The van der Waals surface area contributed by atoms with Gasteiger partial charge in [0.05, 0.1) is 6.54 Å². The first-order valence-corrected chi connectivity index (χ1v) is 8.07. The topological polar surface area (TPSA) is 24.4 Å². The van der Waals surface area contributed by atoms with Gasteiger partial charge in [0.2, 0.25) is 0 Å². The Hall–Kier alpha value is -0.180. The minimum Gasteiger partial charge on any atom is -0.365 e. The lowest BCUT2D eigenvalue weighted by molar-refractivity contribution is 0.501. The molecule has 1 saturated carbocycles. The van der Waals surface area contributed by atoms with Gasteiger partial charge in [-0.1, -0.05) is 51.3 Å². The summed E-state index contributed by atoms with van der Waals surface area (Å²) in [6.45, 7) is 6.75. The monoisotopic (exact) mass is 254 g/mol. The van der Waals surface area contributed by atoms with Gasteiger partial charge in [0, 0.05) is 11.8 Å². The van der Waals surface area contributed by atoms with Crippen LogP contribution in [0.1, 0.15) is 52.4 Å². The predicted molar refractivity (Wildman–Crippen MR) is 77.7 cm³/mol. The molecular weight excluding hydrogens is 228 g/mol. The maximum absolute atomic E-state index is 4.60. The van der Waals surface area contributed by atoms with Gasteiger partial charge in [0.1, 0.15) is 0 Å². The smallest absolute Gasteiger partial charge is 0.156 e. The number of nitrogens with one attached hydrogen (secondary N) is 1. The Kier molecular flexibility index (Phi) is 5.20. The number of thioether (sulfide) groups is 1. The molecule has 0 bridgehead atoms. The molecule has 1 N–H and O–H groups in total. The predicted octanol–water partition coefficient (Wildman–Crippen LogP) is 3.67. The molecule has 0 aromatic heterocycles. The summed E-state index contributed by atoms with van der Waals surface area (Å²) in [6.07, 6.45) is 8.46. The molecule has 0 amide bonds. The van der Waals surface area contributed by atoms with Gasteiger partial charge in [-0.2, -0.15) is 0 Å². The van der Waals surface area contributed by atoms with E-state index in [4.69, 9.17) is 0 Å². The molecule has 17 heavy (non-hydrogen) atoms. The summed E-state index contributed by atoms with van der Waals surface area (Å²) < 4.78 is 0. The molecule has 1 unspecified atom stereocenters. The zero-order chi connectivity index (χ0) is 12.1. The Balaban J connectivity index is 1.57. The van der Waals surface area contributed by atoms with Crippen LogP contribution in [0, 0.1) is 11.8 Å². The summed E-state index contributed by atoms with van der Waals surface area (Å²) >= 11 is 1.96. The van der Waals surface area contributed by atoms with Gasteiger partial charge in [-0.15, -0.1) is 0 Å². The van der Waals surface area contributed by atoms with Crippen LogP contribution < -0.4 is 5.32 Å². The molecule has 0 radical (unpaired) electrons. The molecule has 2 nitrogen and oxygen atoms in total. The first-order chi connectivity index (χ1) is 8.24. The Morgan fingerprint density at radius 2 is 2.12 bits per heavy atom. The lowest BCUT2D eigenvalue weighted by atomic mass is 10.0. The first kappa shape index (κ1) is 13.3. The van der Waals surface area contributed by atoms with Crippen molar-refractivity contribution in [2.45, 2.75) is 57.6 Å². The average molecular weight is 254 g/mol. The first-order valence-electron chi connectivity index (χ1n) is 7.19. The van der Waals surface area contributed by atoms with Crippen molar-refractivity contribution in [2.24, 2.45) is 16.8 Å². The van der Waals surface area contributed by atoms with Crippen molar-refractivity contribution in [1.29, 1.82) is 0 Å². The van der Waals surface area contributed by atoms with E-state index in [0.717, 1.165) is 30.2 Å². The fraction of sp³-hybridized carbons (Fsp3) is 0.929. The molecular formula is C14H26N2S. The van der Waals surface area contributed by atoms with Crippen molar-refractivity contribution < 1.29 is 0 Å². The molecule has 2 rings (SSSR count). The lowest BCUT2D eigenvalue weighted by Crippen LogP contribution is -2.22. The van der Waals surface area contributed by atoms with Crippen LogP contribution in [0.25, 0.3) is 0 Å². The van der Waals surface area contributed by atoms with E-state index in [0.29, 0.717) is 0 Å². The maximum Gasteiger partial charge on any atom is 0.156 e. The van der Waals surface area contributed by atoms with E-state index in [2.05, 4.69) is 24.2 Å². The number of rotatable bonds is 5. The van der Waals surface area contributed by atoms with Crippen molar-refractivity contribution in [3.8, 4) is 0 Å². The van der Waals surface area contributed by atoms with Crippen LogP contribution in [0.15, 0.2) is 4.99 Å². The van der Waals surface area contributed by atoms with Crippen LogP contribution in [0.4, 0.5) is 0 Å². The van der Waals surface area contributed by atoms with E-state index in [1.807, 2.05) is 11.8 Å². The molecule has 1 atom stereocenters. The van der Waals surface area contributed by atoms with Crippen molar-refractivity contribution in [2.75, 3.05) is 13.1 Å². The minimum absolute atomic E-state index is 0.726. The fourth-order valence-corrected chi connectivity index (χ4v) is 4.13. The molecule has 98 valence electrons. The third-order valence-electron chi connectivity index (χ3n) is 3.75. The summed E-state index contributed by atoms with van der Waals surface area (Å²) in [5, 5.41) is 5.45. The Morgan fingerprint density at radius 3 is 2.82 bits per heavy atom. The van der Waals surface area contributed by atoms with Gasteiger partial charge in [-0.05, 0) is 24.7 Å². The summed E-state index contributed by atoms with van der Waals surface area (Å²) in [6, 6.07) is 0. The van der Waals surface area contributed by atoms with Crippen molar-refractivity contribution >= 4 is 16.9 Å². The molecule has 0 aromatic rings. The van der Waals surface area contributed by atoms with Gasteiger partial charge in [-0.3, -0.25) is 4.99 Å². The zero-order valence-electron chi connectivity index (χ0n) is 11.2. The van der Waals surface area contributed by atoms with E-state index in [9.17, 15) is 0 Å². The van der Waals surface area contributed by atoms with Gasteiger partial charge >= 0.3 is 0 Å². The van der Waals surface area contributed by atoms with E-state index in [1.54, 1.807) is 0 Å². The second kappa shape index (κ2) is 6.67. The van der Waals surface area contributed by atoms with Crippen molar-refractivity contribution in [3.05, 3.63) is 0 Å². The number of aliphatic imine (C=N–C) groups is 1. The Labute approximate surface area is 110 Å². The van der Waals surface area contributed by atoms with Crippen LogP contribution in [-0.4, -0.2) is 23.5 Å². The number of amidine groups is 1. The molecule has 1 heterocycles. The van der Waals surface area contributed by atoms with Gasteiger partial charge < -0.3 is 5.32 Å². The number of hydrogen-bond donors (Lipinski definition) is 1. The van der Waals surface area contributed by atoms with Crippen molar-refractivity contribution in [3.63, 3.8) is 0 Å². The molecule has 1 aliphatic heterocycles. The number of hydrogen-bond acceptors (Lipinski definition) is 3. The SMILES string of the molecule is CC(C)CC1CN=C(NCCC2CCCC2)S1. The summed E-state index contributed by atoms with van der Waals surface area (Å²) in [4.78, 5) is 4.60. The van der Waals surface area contributed by atoms with Crippen LogP contribution >= 0.6 is 11.8 Å². The largest absolute Gasteiger partial charge is 0.365 e. The highest BCUT2D eigenvalue weighted by atomic mass is 32.2. The van der Waals surface area contributed by atoms with Gasteiger partial charge in [0.15, 0.2) is 5.17 Å². The average Bonchev–Trinajstić information content (AvgIpc) is 2.89. The number of nitrogens with zero attached hydrogens (tertiary/aromatic N) is 1. The second-order valence-electron chi connectivity index (χ2n) is 5.88. The molecule has 3 heteroatoms. The summed E-state index contributed by atoms with van der Waals surface area (Å²) in [5.41, 5.74) is 0. The highest BCUT2D eigenvalue weighted by Gasteiger charge is 2.20. The molecule has 0 aromatic carbocycles. The molecule has 0 spiro atoms. The third-order valence-corrected chi connectivity index (χ3v) is 4.93. The maximum atomic E-state index is 4.60. The normalized spacial score (nSPS) is 25.6. The molecule has 1 aliphatic carbocycles. The standard InChI is InChI=1S/C14H26N2S/c1-11(2)9-13-10-16-14(17-13)15-8-7-12-5-3-4-6-12/h11-13H,3-10H2,1-2H3,(H,15,16). The van der Waals surface area contributed by atoms with Crippen molar-refractivity contribution in [1.82, 2.24) is 5.32 Å². The fourth-order valence-electron chi connectivity index (χ4n) is 2.85. The Bertz CT molecular complexity index is 257. The van der Waals surface area contributed by atoms with Crippen LogP contribution in [0.3, 0.4) is 0 Å². The van der Waals surface area contributed by atoms with Crippen LogP contribution in [-0.2, 0) is 0 Å². The van der Waals surface area contributed by atoms with Crippen LogP contribution in [0.5, 0.6) is 0 Å². The third kappa shape index (κ3) is 4.53. The quantitative estimate of drug-likeness (QED) is 0.809.